The number of carbonyl (C=O) groups excluding carboxylic acids is 1. The summed E-state index contributed by atoms with van der Waals surface area (Å²) in [6.45, 7) is 0. The summed E-state index contributed by atoms with van der Waals surface area (Å²) in [6.07, 6.45) is 3.10. The molecule has 4 heteroatoms. The molecule has 0 heterocycles. The van der Waals surface area contributed by atoms with Crippen LogP contribution in [0.25, 0.3) is 17.2 Å². The van der Waals surface area contributed by atoms with Crippen LogP contribution in [0.5, 0.6) is 0 Å². The summed E-state index contributed by atoms with van der Waals surface area (Å²) >= 11 is 11.9. The van der Waals surface area contributed by atoms with E-state index in [-0.39, 0.29) is 5.91 Å². The van der Waals surface area contributed by atoms with Crippen LogP contribution < -0.4 is 5.32 Å². The van der Waals surface area contributed by atoms with E-state index in [2.05, 4.69) is 5.32 Å². The molecular formula is C21H15Cl2NO. The zero-order chi connectivity index (χ0) is 17.6. The molecule has 0 saturated heterocycles. The Labute approximate surface area is 156 Å². The average molecular weight is 368 g/mol. The van der Waals surface area contributed by atoms with E-state index < -0.39 is 0 Å². The number of hydrogen-bond donors (Lipinski definition) is 1. The van der Waals surface area contributed by atoms with Crippen molar-refractivity contribution in [1.82, 2.24) is 0 Å². The molecule has 0 atom stereocenters. The van der Waals surface area contributed by atoms with Gasteiger partial charge in [-0.2, -0.15) is 0 Å². The highest BCUT2D eigenvalue weighted by atomic mass is 35.5. The van der Waals surface area contributed by atoms with Crippen molar-refractivity contribution >= 4 is 40.9 Å². The van der Waals surface area contributed by atoms with Gasteiger partial charge in [0.25, 0.3) is 0 Å². The Morgan fingerprint density at radius 1 is 0.840 bits per heavy atom. The fraction of sp³-hybridized carbons (Fsp3) is 0. The molecule has 3 aromatic rings. The van der Waals surface area contributed by atoms with Gasteiger partial charge in [-0.25, -0.2) is 0 Å². The lowest BCUT2D eigenvalue weighted by molar-refractivity contribution is -0.111. The summed E-state index contributed by atoms with van der Waals surface area (Å²) in [6, 6.07) is 22.9. The van der Waals surface area contributed by atoms with Gasteiger partial charge in [0, 0.05) is 21.8 Å². The maximum atomic E-state index is 12.1. The van der Waals surface area contributed by atoms with E-state index in [1.165, 1.54) is 6.08 Å². The van der Waals surface area contributed by atoms with E-state index in [1.807, 2.05) is 54.6 Å². The molecule has 0 fully saturated rings. The van der Waals surface area contributed by atoms with Gasteiger partial charge in [0.15, 0.2) is 0 Å². The maximum Gasteiger partial charge on any atom is 0.248 e. The Morgan fingerprint density at radius 3 is 2.20 bits per heavy atom. The predicted octanol–water partition coefficient (Wildman–Crippen LogP) is 6.31. The van der Waals surface area contributed by atoms with E-state index in [0.717, 1.165) is 22.4 Å². The number of benzene rings is 3. The van der Waals surface area contributed by atoms with Gasteiger partial charge < -0.3 is 5.32 Å². The number of hydrogen-bond acceptors (Lipinski definition) is 1. The summed E-state index contributed by atoms with van der Waals surface area (Å²) in [7, 11) is 0. The van der Waals surface area contributed by atoms with Crippen LogP contribution in [0.4, 0.5) is 5.69 Å². The number of rotatable bonds is 4. The number of amides is 1. The predicted molar refractivity (Wildman–Crippen MR) is 106 cm³/mol. The third-order valence-corrected chi connectivity index (χ3v) is 4.20. The van der Waals surface area contributed by atoms with Crippen LogP contribution >= 0.6 is 23.2 Å². The van der Waals surface area contributed by atoms with Gasteiger partial charge in [0.05, 0.1) is 0 Å². The second-order valence-corrected chi connectivity index (χ2v) is 6.28. The van der Waals surface area contributed by atoms with Gasteiger partial charge in [-0.1, -0.05) is 71.7 Å². The number of nitrogens with one attached hydrogen (secondary N) is 1. The molecule has 25 heavy (non-hydrogen) atoms. The molecule has 0 aliphatic heterocycles. The van der Waals surface area contributed by atoms with Gasteiger partial charge in [0.1, 0.15) is 0 Å². The Balaban J connectivity index is 1.66. The minimum Gasteiger partial charge on any atom is -0.323 e. The summed E-state index contributed by atoms with van der Waals surface area (Å²) in [5.74, 6) is -0.224. The normalized spacial score (nSPS) is 10.8. The van der Waals surface area contributed by atoms with Gasteiger partial charge in [0.2, 0.25) is 5.91 Å². The van der Waals surface area contributed by atoms with Gasteiger partial charge in [-0.3, -0.25) is 4.79 Å². The first kappa shape index (κ1) is 17.3. The van der Waals surface area contributed by atoms with Crippen LogP contribution in [0.15, 0.2) is 78.9 Å². The van der Waals surface area contributed by atoms with Crippen LogP contribution in [0.1, 0.15) is 5.56 Å². The SMILES string of the molecule is O=C(C=Cc1ccc(Cl)cc1Cl)Nc1ccc(-c2ccccc2)cc1. The second-order valence-electron chi connectivity index (χ2n) is 5.43. The highest BCUT2D eigenvalue weighted by Crippen LogP contribution is 2.23. The highest BCUT2D eigenvalue weighted by Gasteiger charge is 2.02. The molecule has 2 nitrogen and oxygen atoms in total. The van der Waals surface area contributed by atoms with Crippen molar-refractivity contribution in [3.63, 3.8) is 0 Å². The van der Waals surface area contributed by atoms with Crippen molar-refractivity contribution in [1.29, 1.82) is 0 Å². The van der Waals surface area contributed by atoms with Crippen molar-refractivity contribution in [3.05, 3.63) is 94.5 Å². The smallest absolute Gasteiger partial charge is 0.248 e. The van der Waals surface area contributed by atoms with Crippen molar-refractivity contribution in [2.45, 2.75) is 0 Å². The summed E-state index contributed by atoms with van der Waals surface area (Å²) in [4.78, 5) is 12.1. The van der Waals surface area contributed by atoms with Crippen LogP contribution in [0, 0.1) is 0 Å². The lowest BCUT2D eigenvalue weighted by Crippen LogP contribution is -2.07. The zero-order valence-electron chi connectivity index (χ0n) is 13.2. The van der Waals surface area contributed by atoms with E-state index in [4.69, 9.17) is 23.2 Å². The number of halogens is 2. The minimum absolute atomic E-state index is 0.224. The molecule has 0 aliphatic rings. The van der Waals surface area contributed by atoms with Gasteiger partial charge in [-0.05, 0) is 47.0 Å². The van der Waals surface area contributed by atoms with Gasteiger partial charge >= 0.3 is 0 Å². The topological polar surface area (TPSA) is 29.1 Å². The highest BCUT2D eigenvalue weighted by molar-refractivity contribution is 6.35. The average Bonchev–Trinajstić information content (AvgIpc) is 2.62. The largest absolute Gasteiger partial charge is 0.323 e. The van der Waals surface area contributed by atoms with E-state index >= 15 is 0 Å². The molecule has 1 N–H and O–H groups in total. The van der Waals surface area contributed by atoms with Crippen molar-refractivity contribution in [2.24, 2.45) is 0 Å². The number of carbonyl (C=O) groups is 1. The standard InChI is InChI=1S/C21H15Cl2NO/c22-18-10-6-17(20(23)14-18)9-13-21(25)24-19-11-7-16(8-12-19)15-4-2-1-3-5-15/h1-14H,(H,24,25). The van der Waals surface area contributed by atoms with E-state index in [9.17, 15) is 4.79 Å². The quantitative estimate of drug-likeness (QED) is 0.537. The molecule has 0 bridgehead atoms. The first-order chi connectivity index (χ1) is 12.1. The molecule has 124 valence electrons. The van der Waals surface area contributed by atoms with Crippen molar-refractivity contribution in [3.8, 4) is 11.1 Å². The molecule has 0 aliphatic carbocycles. The Kier molecular flexibility index (Phi) is 5.54. The first-order valence-electron chi connectivity index (χ1n) is 7.71. The fourth-order valence-corrected chi connectivity index (χ4v) is 2.83. The lowest BCUT2D eigenvalue weighted by atomic mass is 10.1. The third kappa shape index (κ3) is 4.72. The fourth-order valence-electron chi connectivity index (χ4n) is 2.36. The van der Waals surface area contributed by atoms with E-state index in [1.54, 1.807) is 24.3 Å². The van der Waals surface area contributed by atoms with Gasteiger partial charge in [-0.15, -0.1) is 0 Å². The molecule has 0 spiro atoms. The third-order valence-electron chi connectivity index (χ3n) is 3.64. The zero-order valence-corrected chi connectivity index (χ0v) is 14.8. The van der Waals surface area contributed by atoms with Crippen molar-refractivity contribution < 1.29 is 4.79 Å². The second kappa shape index (κ2) is 8.02. The molecule has 3 rings (SSSR count). The molecule has 0 radical (unpaired) electrons. The van der Waals surface area contributed by atoms with Crippen LogP contribution in [-0.2, 0) is 4.79 Å². The van der Waals surface area contributed by atoms with Crippen molar-refractivity contribution in [2.75, 3.05) is 5.32 Å². The molecule has 0 unspecified atom stereocenters. The van der Waals surface area contributed by atoms with Crippen LogP contribution in [0.2, 0.25) is 10.0 Å². The molecule has 0 saturated carbocycles. The molecule has 3 aromatic carbocycles. The Bertz CT molecular complexity index is 903. The maximum absolute atomic E-state index is 12.1. The number of anilines is 1. The molecule has 1 amide bonds. The lowest BCUT2D eigenvalue weighted by Gasteiger charge is -2.05. The summed E-state index contributed by atoms with van der Waals surface area (Å²) < 4.78 is 0. The minimum atomic E-state index is -0.224. The Hall–Kier alpha value is -2.55. The molecule has 0 aromatic heterocycles. The van der Waals surface area contributed by atoms with E-state index in [0.29, 0.717) is 10.0 Å². The first-order valence-corrected chi connectivity index (χ1v) is 8.47. The van der Waals surface area contributed by atoms with Crippen LogP contribution in [0.3, 0.4) is 0 Å². The molecular weight excluding hydrogens is 353 g/mol. The summed E-state index contributed by atoms with van der Waals surface area (Å²) in [5, 5.41) is 3.89. The van der Waals surface area contributed by atoms with Crippen LogP contribution in [-0.4, -0.2) is 5.91 Å². The monoisotopic (exact) mass is 367 g/mol. The summed E-state index contributed by atoms with van der Waals surface area (Å²) in [5.41, 5.74) is 3.71. The Morgan fingerprint density at radius 2 is 1.52 bits per heavy atom.